The monoisotopic (exact) mass is 330 g/mol. The lowest BCUT2D eigenvalue weighted by atomic mass is 9.95. The summed E-state index contributed by atoms with van der Waals surface area (Å²) in [6.45, 7) is 2.06. The Morgan fingerprint density at radius 1 is 0.760 bits per heavy atom. The summed E-state index contributed by atoms with van der Waals surface area (Å²) in [7, 11) is 0. The first-order chi connectivity index (χ1) is 12.1. The maximum Gasteiger partial charge on any atom is 0.239 e. The highest BCUT2D eigenvalue weighted by Crippen LogP contribution is 2.26. The molecule has 25 heavy (non-hydrogen) atoms. The minimum absolute atomic E-state index is 0.125. The molecule has 3 N–H and O–H groups in total. The first-order valence-electron chi connectivity index (χ1n) is 8.37. The molecule has 3 rings (SSSR count). The maximum atomic E-state index is 12.1. The van der Waals surface area contributed by atoms with E-state index in [0.29, 0.717) is 0 Å². The average Bonchev–Trinajstić information content (AvgIpc) is 2.65. The molecule has 1 amide bonds. The highest BCUT2D eigenvalue weighted by Gasteiger charge is 2.23. The average molecular weight is 330 g/mol. The third kappa shape index (κ3) is 4.14. The van der Waals surface area contributed by atoms with Gasteiger partial charge in [0.1, 0.15) is 6.04 Å². The second kappa shape index (κ2) is 7.77. The number of carbonyl (C=O) groups excluding carboxylic acids is 1. The number of primary amides is 1. The highest BCUT2D eigenvalue weighted by atomic mass is 16.1. The largest absolute Gasteiger partial charge is 0.368 e. The number of amides is 1. The Hall–Kier alpha value is -2.91. The van der Waals surface area contributed by atoms with E-state index in [0.717, 1.165) is 16.7 Å². The van der Waals surface area contributed by atoms with Crippen LogP contribution in [0.15, 0.2) is 84.9 Å². The van der Waals surface area contributed by atoms with E-state index in [-0.39, 0.29) is 11.9 Å². The second-order valence-electron chi connectivity index (χ2n) is 6.17. The predicted octanol–water partition coefficient (Wildman–Crippen LogP) is 3.90. The third-order valence-electron chi connectivity index (χ3n) is 4.29. The van der Waals surface area contributed by atoms with Gasteiger partial charge in [-0.1, -0.05) is 90.5 Å². The lowest BCUT2D eigenvalue weighted by Gasteiger charge is -2.25. The first kappa shape index (κ1) is 16.9. The van der Waals surface area contributed by atoms with Crippen molar-refractivity contribution in [3.63, 3.8) is 0 Å². The van der Waals surface area contributed by atoms with Crippen LogP contribution < -0.4 is 11.1 Å². The Morgan fingerprint density at radius 3 is 1.76 bits per heavy atom. The van der Waals surface area contributed by atoms with Crippen LogP contribution in [0.5, 0.6) is 0 Å². The van der Waals surface area contributed by atoms with Gasteiger partial charge in [0.2, 0.25) is 5.91 Å². The summed E-state index contributed by atoms with van der Waals surface area (Å²) in [6, 6.07) is 27.3. The minimum atomic E-state index is -0.562. The van der Waals surface area contributed by atoms with Crippen molar-refractivity contribution in [2.24, 2.45) is 5.73 Å². The van der Waals surface area contributed by atoms with E-state index in [1.54, 1.807) is 0 Å². The summed E-state index contributed by atoms with van der Waals surface area (Å²) in [4.78, 5) is 12.1. The molecule has 0 aliphatic carbocycles. The topological polar surface area (TPSA) is 55.1 Å². The van der Waals surface area contributed by atoms with Crippen LogP contribution in [0, 0.1) is 6.92 Å². The van der Waals surface area contributed by atoms with E-state index < -0.39 is 6.04 Å². The molecule has 126 valence electrons. The van der Waals surface area contributed by atoms with Crippen molar-refractivity contribution in [1.29, 1.82) is 0 Å². The number of carbonyl (C=O) groups is 1. The van der Waals surface area contributed by atoms with Crippen LogP contribution in [0.25, 0.3) is 0 Å². The van der Waals surface area contributed by atoms with Crippen molar-refractivity contribution in [1.82, 2.24) is 5.32 Å². The normalized spacial score (nSPS) is 13.2. The van der Waals surface area contributed by atoms with Gasteiger partial charge in [0.15, 0.2) is 0 Å². The molecule has 0 saturated carbocycles. The van der Waals surface area contributed by atoms with Crippen LogP contribution in [-0.2, 0) is 4.79 Å². The molecule has 3 nitrogen and oxygen atoms in total. The van der Waals surface area contributed by atoms with Gasteiger partial charge in [-0.05, 0) is 23.6 Å². The van der Waals surface area contributed by atoms with Gasteiger partial charge in [-0.25, -0.2) is 0 Å². The number of nitrogens with two attached hydrogens (primary N) is 1. The van der Waals surface area contributed by atoms with Crippen molar-refractivity contribution in [2.75, 3.05) is 0 Å². The van der Waals surface area contributed by atoms with Gasteiger partial charge in [-0.15, -0.1) is 0 Å². The van der Waals surface area contributed by atoms with Crippen LogP contribution in [-0.4, -0.2) is 5.91 Å². The summed E-state index contributed by atoms with van der Waals surface area (Å²) in [6.07, 6.45) is 0. The molecular formula is C22H22N2O. The molecule has 3 heteroatoms. The number of rotatable bonds is 6. The van der Waals surface area contributed by atoms with Crippen LogP contribution in [0.1, 0.15) is 34.3 Å². The van der Waals surface area contributed by atoms with Gasteiger partial charge in [0, 0.05) is 0 Å². The van der Waals surface area contributed by atoms with Crippen LogP contribution >= 0.6 is 0 Å². The zero-order valence-corrected chi connectivity index (χ0v) is 14.2. The van der Waals surface area contributed by atoms with Gasteiger partial charge < -0.3 is 5.73 Å². The number of nitrogens with one attached hydrogen (secondary N) is 1. The molecule has 0 aliphatic heterocycles. The molecule has 3 aromatic rings. The SMILES string of the molecule is Cc1ccc(C(NC(C(N)=O)c2ccccc2)c2ccccc2)cc1. The van der Waals surface area contributed by atoms with Gasteiger partial charge in [-0.3, -0.25) is 10.1 Å². The van der Waals surface area contributed by atoms with E-state index in [2.05, 4.69) is 48.6 Å². The third-order valence-corrected chi connectivity index (χ3v) is 4.29. The van der Waals surface area contributed by atoms with Crippen LogP contribution in [0.4, 0.5) is 0 Å². The Morgan fingerprint density at radius 2 is 1.24 bits per heavy atom. The summed E-state index contributed by atoms with van der Waals surface area (Å²) >= 11 is 0. The number of aryl methyl sites for hydroxylation is 1. The fraction of sp³-hybridized carbons (Fsp3) is 0.136. The molecule has 2 atom stereocenters. The van der Waals surface area contributed by atoms with E-state index in [9.17, 15) is 4.79 Å². The van der Waals surface area contributed by atoms with Gasteiger partial charge in [0.25, 0.3) is 0 Å². The molecule has 0 aliphatic rings. The predicted molar refractivity (Wildman–Crippen MR) is 101 cm³/mol. The number of hydrogen-bond acceptors (Lipinski definition) is 2. The molecule has 0 bridgehead atoms. The van der Waals surface area contributed by atoms with E-state index in [1.165, 1.54) is 5.56 Å². The van der Waals surface area contributed by atoms with Gasteiger partial charge >= 0.3 is 0 Å². The molecule has 3 aromatic carbocycles. The summed E-state index contributed by atoms with van der Waals surface area (Å²) < 4.78 is 0. The van der Waals surface area contributed by atoms with Gasteiger partial charge in [0.05, 0.1) is 6.04 Å². The first-order valence-corrected chi connectivity index (χ1v) is 8.37. The van der Waals surface area contributed by atoms with Crippen molar-refractivity contribution in [2.45, 2.75) is 19.0 Å². The fourth-order valence-corrected chi connectivity index (χ4v) is 2.94. The van der Waals surface area contributed by atoms with Crippen LogP contribution in [0.3, 0.4) is 0 Å². The second-order valence-corrected chi connectivity index (χ2v) is 6.17. The van der Waals surface area contributed by atoms with E-state index in [4.69, 9.17) is 5.73 Å². The Labute approximate surface area is 148 Å². The Balaban J connectivity index is 1.99. The number of benzene rings is 3. The quantitative estimate of drug-likeness (QED) is 0.720. The van der Waals surface area contributed by atoms with Crippen molar-refractivity contribution in [3.05, 3.63) is 107 Å². The molecular weight excluding hydrogens is 308 g/mol. The fourth-order valence-electron chi connectivity index (χ4n) is 2.94. The van der Waals surface area contributed by atoms with Crippen molar-refractivity contribution >= 4 is 5.91 Å². The molecule has 0 radical (unpaired) electrons. The van der Waals surface area contributed by atoms with E-state index >= 15 is 0 Å². The summed E-state index contributed by atoms with van der Waals surface area (Å²) in [5.74, 6) is -0.390. The lowest BCUT2D eigenvalue weighted by Crippen LogP contribution is -2.36. The zero-order valence-electron chi connectivity index (χ0n) is 14.2. The smallest absolute Gasteiger partial charge is 0.239 e. The van der Waals surface area contributed by atoms with Crippen molar-refractivity contribution in [3.8, 4) is 0 Å². The molecule has 0 fully saturated rings. The number of hydrogen-bond donors (Lipinski definition) is 2. The molecule has 0 spiro atoms. The molecule has 2 unspecified atom stereocenters. The highest BCUT2D eigenvalue weighted by molar-refractivity contribution is 5.81. The molecule has 0 saturated heterocycles. The van der Waals surface area contributed by atoms with Crippen molar-refractivity contribution < 1.29 is 4.79 Å². The Kier molecular flexibility index (Phi) is 5.26. The summed E-state index contributed by atoms with van der Waals surface area (Å²) in [5.41, 5.74) is 9.95. The standard InChI is InChI=1S/C22H22N2O/c1-16-12-14-19(15-13-16)20(17-8-4-2-5-9-17)24-21(22(23)25)18-10-6-3-7-11-18/h2-15,20-21,24H,1H3,(H2,23,25). The lowest BCUT2D eigenvalue weighted by molar-refractivity contribution is -0.120. The molecule has 0 aromatic heterocycles. The summed E-state index contributed by atoms with van der Waals surface area (Å²) in [5, 5.41) is 3.45. The molecule has 0 heterocycles. The minimum Gasteiger partial charge on any atom is -0.368 e. The zero-order chi connectivity index (χ0) is 17.6. The van der Waals surface area contributed by atoms with E-state index in [1.807, 2.05) is 48.5 Å². The maximum absolute atomic E-state index is 12.1. The van der Waals surface area contributed by atoms with Crippen LogP contribution in [0.2, 0.25) is 0 Å². The van der Waals surface area contributed by atoms with Gasteiger partial charge in [-0.2, -0.15) is 0 Å². The Bertz CT molecular complexity index is 814.